The molecule has 1 aliphatic heterocycles. The molecule has 0 aromatic heterocycles. The standard InChI is InChI=1S/C23H24N2O/c1-26-22-14-8-6-12-19(22)16-24-21-15-18-11-5-7-13-20(18)25-23(21)17-9-3-2-4-10-17/h2-14,21,23-25H,15-16H2,1H3/t21-,23+/m1/s1. The molecule has 3 nitrogen and oxygen atoms in total. The zero-order valence-electron chi connectivity index (χ0n) is 15.0. The molecule has 0 aliphatic carbocycles. The van der Waals surface area contributed by atoms with Gasteiger partial charge in [0.15, 0.2) is 0 Å². The van der Waals surface area contributed by atoms with E-state index in [-0.39, 0.29) is 6.04 Å². The molecule has 0 amide bonds. The first-order valence-electron chi connectivity index (χ1n) is 9.10. The Morgan fingerprint density at radius 2 is 1.65 bits per heavy atom. The van der Waals surface area contributed by atoms with Gasteiger partial charge in [0.05, 0.1) is 13.2 Å². The van der Waals surface area contributed by atoms with Gasteiger partial charge in [-0.05, 0) is 29.7 Å². The third kappa shape index (κ3) is 3.44. The van der Waals surface area contributed by atoms with Crippen LogP contribution in [0, 0.1) is 0 Å². The normalized spacial score (nSPS) is 18.7. The molecule has 0 saturated carbocycles. The number of nitrogens with one attached hydrogen (secondary N) is 2. The van der Waals surface area contributed by atoms with Crippen molar-refractivity contribution in [3.8, 4) is 5.75 Å². The summed E-state index contributed by atoms with van der Waals surface area (Å²) < 4.78 is 5.50. The van der Waals surface area contributed by atoms with Gasteiger partial charge >= 0.3 is 0 Å². The smallest absolute Gasteiger partial charge is 0.123 e. The van der Waals surface area contributed by atoms with Crippen molar-refractivity contribution in [2.75, 3.05) is 12.4 Å². The third-order valence-electron chi connectivity index (χ3n) is 5.08. The van der Waals surface area contributed by atoms with Gasteiger partial charge in [-0.1, -0.05) is 66.7 Å². The van der Waals surface area contributed by atoms with Crippen LogP contribution in [0.5, 0.6) is 5.75 Å². The number of ether oxygens (including phenoxy) is 1. The molecular formula is C23H24N2O. The van der Waals surface area contributed by atoms with Gasteiger partial charge in [0, 0.05) is 23.8 Å². The van der Waals surface area contributed by atoms with Crippen molar-refractivity contribution in [2.24, 2.45) is 0 Å². The third-order valence-corrected chi connectivity index (χ3v) is 5.08. The van der Waals surface area contributed by atoms with E-state index < -0.39 is 0 Å². The van der Waals surface area contributed by atoms with E-state index in [9.17, 15) is 0 Å². The maximum Gasteiger partial charge on any atom is 0.123 e. The average Bonchev–Trinajstić information content (AvgIpc) is 2.72. The maximum atomic E-state index is 5.50. The Labute approximate surface area is 155 Å². The Hall–Kier alpha value is -2.78. The van der Waals surface area contributed by atoms with Crippen LogP contribution in [0.2, 0.25) is 0 Å². The molecule has 0 radical (unpaired) electrons. The molecule has 3 aromatic rings. The molecule has 1 heterocycles. The minimum Gasteiger partial charge on any atom is -0.496 e. The number of benzene rings is 3. The van der Waals surface area contributed by atoms with Gasteiger partial charge in [-0.15, -0.1) is 0 Å². The Morgan fingerprint density at radius 3 is 2.50 bits per heavy atom. The molecule has 3 aromatic carbocycles. The summed E-state index contributed by atoms with van der Waals surface area (Å²) in [6, 6.07) is 28.0. The lowest BCUT2D eigenvalue weighted by Crippen LogP contribution is -2.42. The van der Waals surface area contributed by atoms with Gasteiger partial charge in [-0.25, -0.2) is 0 Å². The van der Waals surface area contributed by atoms with Crippen molar-refractivity contribution < 1.29 is 4.74 Å². The maximum absolute atomic E-state index is 5.50. The van der Waals surface area contributed by atoms with Gasteiger partial charge in [0.1, 0.15) is 5.75 Å². The fourth-order valence-electron chi connectivity index (χ4n) is 3.72. The SMILES string of the molecule is COc1ccccc1CN[C@@H]1Cc2ccccc2N[C@H]1c1ccccc1. The molecule has 2 atom stereocenters. The first-order valence-corrected chi connectivity index (χ1v) is 9.10. The van der Waals surface area contributed by atoms with Crippen molar-refractivity contribution in [3.05, 3.63) is 95.6 Å². The summed E-state index contributed by atoms with van der Waals surface area (Å²) in [5.74, 6) is 0.931. The Kier molecular flexibility index (Phi) is 4.89. The van der Waals surface area contributed by atoms with Crippen molar-refractivity contribution in [2.45, 2.75) is 25.0 Å². The molecule has 0 fully saturated rings. The highest BCUT2D eigenvalue weighted by atomic mass is 16.5. The lowest BCUT2D eigenvalue weighted by molar-refractivity contribution is 0.398. The van der Waals surface area contributed by atoms with E-state index in [2.05, 4.69) is 77.4 Å². The van der Waals surface area contributed by atoms with Crippen LogP contribution in [0.25, 0.3) is 0 Å². The van der Waals surface area contributed by atoms with Gasteiger partial charge < -0.3 is 15.4 Å². The number of anilines is 1. The minimum absolute atomic E-state index is 0.237. The lowest BCUT2D eigenvalue weighted by Gasteiger charge is -2.36. The first-order chi connectivity index (χ1) is 12.8. The second-order valence-corrected chi connectivity index (χ2v) is 6.69. The molecule has 0 bridgehead atoms. The van der Waals surface area contributed by atoms with Crippen LogP contribution in [0.1, 0.15) is 22.7 Å². The highest BCUT2D eigenvalue weighted by Crippen LogP contribution is 2.33. The van der Waals surface area contributed by atoms with Crippen LogP contribution < -0.4 is 15.4 Å². The molecule has 1 aliphatic rings. The number of fused-ring (bicyclic) bond motifs is 1. The van der Waals surface area contributed by atoms with Crippen LogP contribution >= 0.6 is 0 Å². The second kappa shape index (κ2) is 7.63. The van der Waals surface area contributed by atoms with E-state index in [4.69, 9.17) is 4.74 Å². The highest BCUT2D eigenvalue weighted by molar-refractivity contribution is 5.56. The largest absolute Gasteiger partial charge is 0.496 e. The summed E-state index contributed by atoms with van der Waals surface area (Å²) in [7, 11) is 1.73. The predicted octanol–water partition coefficient (Wildman–Crippen LogP) is 4.56. The fourth-order valence-corrected chi connectivity index (χ4v) is 3.72. The van der Waals surface area contributed by atoms with Gasteiger partial charge in [0.25, 0.3) is 0 Å². The van der Waals surface area contributed by atoms with Crippen molar-refractivity contribution in [3.63, 3.8) is 0 Å². The Morgan fingerprint density at radius 1 is 0.923 bits per heavy atom. The van der Waals surface area contributed by atoms with Gasteiger partial charge in [0.2, 0.25) is 0 Å². The summed E-state index contributed by atoms with van der Waals surface area (Å²) in [6.45, 7) is 0.780. The zero-order valence-corrected chi connectivity index (χ0v) is 15.0. The van der Waals surface area contributed by atoms with Crippen molar-refractivity contribution >= 4 is 5.69 Å². The molecule has 2 N–H and O–H groups in total. The molecule has 0 saturated heterocycles. The average molecular weight is 344 g/mol. The molecular weight excluding hydrogens is 320 g/mol. The Bertz CT molecular complexity index is 863. The topological polar surface area (TPSA) is 33.3 Å². The van der Waals surface area contributed by atoms with Crippen molar-refractivity contribution in [1.29, 1.82) is 0 Å². The Balaban J connectivity index is 1.59. The molecule has 0 spiro atoms. The molecule has 4 rings (SSSR count). The van der Waals surface area contributed by atoms with Crippen molar-refractivity contribution in [1.82, 2.24) is 5.32 Å². The van der Waals surface area contributed by atoms with E-state index in [0.717, 1.165) is 18.7 Å². The summed E-state index contributed by atoms with van der Waals surface area (Å²) in [5.41, 5.74) is 5.08. The van der Waals surface area contributed by atoms with E-state index in [1.54, 1.807) is 7.11 Å². The monoisotopic (exact) mass is 344 g/mol. The minimum atomic E-state index is 0.237. The molecule has 0 unspecified atom stereocenters. The molecule has 132 valence electrons. The van der Waals surface area contributed by atoms with E-state index in [1.165, 1.54) is 22.4 Å². The van der Waals surface area contributed by atoms with Crippen LogP contribution in [-0.4, -0.2) is 13.2 Å². The van der Waals surface area contributed by atoms with Crippen LogP contribution in [0.3, 0.4) is 0 Å². The summed E-state index contributed by atoms with van der Waals surface area (Å²) in [5, 5.41) is 7.49. The summed E-state index contributed by atoms with van der Waals surface area (Å²) >= 11 is 0. The number of para-hydroxylation sites is 2. The number of methoxy groups -OCH3 is 1. The number of hydrogen-bond donors (Lipinski definition) is 2. The summed E-state index contributed by atoms with van der Waals surface area (Å²) in [6.07, 6.45) is 0.998. The quantitative estimate of drug-likeness (QED) is 0.712. The predicted molar refractivity (Wildman–Crippen MR) is 107 cm³/mol. The van der Waals surface area contributed by atoms with Crippen LogP contribution in [0.15, 0.2) is 78.9 Å². The first kappa shape index (κ1) is 16.7. The molecule has 26 heavy (non-hydrogen) atoms. The van der Waals surface area contributed by atoms with E-state index >= 15 is 0 Å². The van der Waals surface area contributed by atoms with E-state index in [0.29, 0.717) is 6.04 Å². The van der Waals surface area contributed by atoms with Gasteiger partial charge in [-0.3, -0.25) is 0 Å². The zero-order chi connectivity index (χ0) is 17.8. The van der Waals surface area contributed by atoms with Crippen LogP contribution in [0.4, 0.5) is 5.69 Å². The fraction of sp³-hybridized carbons (Fsp3) is 0.217. The highest BCUT2D eigenvalue weighted by Gasteiger charge is 2.28. The van der Waals surface area contributed by atoms with Gasteiger partial charge in [-0.2, -0.15) is 0 Å². The number of hydrogen-bond acceptors (Lipinski definition) is 3. The van der Waals surface area contributed by atoms with E-state index in [1.807, 2.05) is 12.1 Å². The molecule has 3 heteroatoms. The second-order valence-electron chi connectivity index (χ2n) is 6.69. The number of rotatable bonds is 5. The van der Waals surface area contributed by atoms with Crippen LogP contribution in [-0.2, 0) is 13.0 Å². The lowest BCUT2D eigenvalue weighted by atomic mass is 9.88. The summed E-state index contributed by atoms with van der Waals surface area (Å²) in [4.78, 5) is 0.